The molecule has 1 aliphatic carbocycles. The molecule has 1 aromatic rings. The van der Waals surface area contributed by atoms with Gasteiger partial charge in [-0.25, -0.2) is 0 Å². The maximum absolute atomic E-state index is 13.0. The topological polar surface area (TPSA) is 26.3 Å². The van der Waals surface area contributed by atoms with Crippen LogP contribution in [-0.2, 0) is 10.8 Å². The highest BCUT2D eigenvalue weighted by Crippen LogP contribution is 2.36. The Kier molecular flexibility index (Phi) is 4.84. The van der Waals surface area contributed by atoms with Gasteiger partial charge in [-0.05, 0) is 62.9 Å². The van der Waals surface area contributed by atoms with Gasteiger partial charge in [-0.1, -0.05) is 19.6 Å². The first kappa shape index (κ1) is 18.0. The average molecular weight is 353 g/mol. The SMILES string of the molecule is CSc1ccc2c(c1)CCC(C)(O[Si](C)(C)[Si](C)(C)C)C2=O. The van der Waals surface area contributed by atoms with E-state index < -0.39 is 21.0 Å². The Balaban J connectivity index is 2.33. The van der Waals surface area contributed by atoms with Crippen molar-refractivity contribution in [1.29, 1.82) is 0 Å². The number of hydrogen-bond acceptors (Lipinski definition) is 3. The molecule has 1 aliphatic rings. The first-order valence-corrected chi connectivity index (χ1v) is 16.6. The van der Waals surface area contributed by atoms with E-state index in [0.29, 0.717) is 0 Å². The molecule has 2 nitrogen and oxygen atoms in total. The molecule has 1 unspecified atom stereocenters. The minimum absolute atomic E-state index is 0.181. The van der Waals surface area contributed by atoms with Gasteiger partial charge in [-0.2, -0.15) is 0 Å². The summed E-state index contributed by atoms with van der Waals surface area (Å²) in [4.78, 5) is 14.3. The van der Waals surface area contributed by atoms with Crippen molar-refractivity contribution in [3.8, 4) is 0 Å². The summed E-state index contributed by atoms with van der Waals surface area (Å²) in [6.07, 6.45) is 3.81. The van der Waals surface area contributed by atoms with E-state index in [-0.39, 0.29) is 5.78 Å². The standard InChI is InChI=1S/C17H28O2SSi2/c1-17(19-22(6,7)21(3,4)5)11-10-13-12-14(20-2)8-9-15(13)16(17)18/h8-9,12H,10-11H2,1-7H3. The maximum Gasteiger partial charge on any atom is 0.193 e. The summed E-state index contributed by atoms with van der Waals surface area (Å²) in [7, 11) is -3.22. The number of hydrogen-bond donors (Lipinski definition) is 0. The van der Waals surface area contributed by atoms with Crippen molar-refractivity contribution in [3.05, 3.63) is 29.3 Å². The third-order valence-electron chi connectivity index (χ3n) is 5.20. The molecule has 0 aliphatic heterocycles. The lowest BCUT2D eigenvalue weighted by atomic mass is 9.80. The van der Waals surface area contributed by atoms with Crippen LogP contribution < -0.4 is 0 Å². The highest BCUT2D eigenvalue weighted by molar-refractivity contribution is 7.98. The predicted octanol–water partition coefficient (Wildman–Crippen LogP) is 4.93. The molecule has 1 atom stereocenters. The van der Waals surface area contributed by atoms with E-state index in [2.05, 4.69) is 45.1 Å². The van der Waals surface area contributed by atoms with Crippen LogP contribution in [0, 0.1) is 0 Å². The Morgan fingerprint density at radius 2 is 1.82 bits per heavy atom. The molecule has 2 rings (SSSR count). The van der Waals surface area contributed by atoms with Crippen molar-refractivity contribution in [2.75, 3.05) is 6.26 Å². The number of carbonyl (C=O) groups is 1. The Morgan fingerprint density at radius 3 is 2.36 bits per heavy atom. The van der Waals surface area contributed by atoms with Gasteiger partial charge in [0.2, 0.25) is 0 Å². The van der Waals surface area contributed by atoms with Crippen LogP contribution in [-0.4, -0.2) is 33.1 Å². The van der Waals surface area contributed by atoms with E-state index >= 15 is 0 Å². The summed E-state index contributed by atoms with van der Waals surface area (Å²) >= 11 is 1.73. The zero-order valence-electron chi connectivity index (χ0n) is 14.9. The fourth-order valence-electron chi connectivity index (χ4n) is 2.71. The highest BCUT2D eigenvalue weighted by Gasteiger charge is 2.48. The molecule has 0 fully saturated rings. The third-order valence-corrected chi connectivity index (χ3v) is 21.6. The number of thioether (sulfide) groups is 1. The van der Waals surface area contributed by atoms with E-state index in [1.807, 2.05) is 19.1 Å². The van der Waals surface area contributed by atoms with Gasteiger partial charge in [0.05, 0.1) is 7.59 Å². The van der Waals surface area contributed by atoms with Crippen molar-refractivity contribution >= 4 is 33.0 Å². The van der Waals surface area contributed by atoms with Crippen LogP contribution in [0.5, 0.6) is 0 Å². The Morgan fingerprint density at radius 1 is 1.18 bits per heavy atom. The summed E-state index contributed by atoms with van der Waals surface area (Å²) < 4.78 is 6.60. The van der Waals surface area contributed by atoms with Gasteiger partial charge in [0, 0.05) is 10.5 Å². The second kappa shape index (κ2) is 5.93. The van der Waals surface area contributed by atoms with Crippen LogP contribution in [0.1, 0.15) is 29.3 Å². The van der Waals surface area contributed by atoms with E-state index in [0.717, 1.165) is 18.4 Å². The van der Waals surface area contributed by atoms with Crippen LogP contribution in [0.3, 0.4) is 0 Å². The van der Waals surface area contributed by atoms with Gasteiger partial charge < -0.3 is 4.43 Å². The van der Waals surface area contributed by atoms with Crippen LogP contribution in [0.25, 0.3) is 0 Å². The lowest BCUT2D eigenvalue weighted by Crippen LogP contribution is -2.61. The van der Waals surface area contributed by atoms with E-state index in [4.69, 9.17) is 4.43 Å². The highest BCUT2D eigenvalue weighted by atomic mass is 32.2. The van der Waals surface area contributed by atoms with Crippen LogP contribution >= 0.6 is 11.8 Å². The van der Waals surface area contributed by atoms with Gasteiger partial charge >= 0.3 is 0 Å². The summed E-state index contributed by atoms with van der Waals surface area (Å²) in [6.45, 7) is 13.6. The number of ketones is 1. The minimum atomic E-state index is -1.83. The van der Waals surface area contributed by atoms with Crippen LogP contribution in [0.15, 0.2) is 23.1 Å². The second-order valence-electron chi connectivity index (χ2n) is 7.95. The first-order valence-electron chi connectivity index (χ1n) is 7.92. The van der Waals surface area contributed by atoms with E-state index in [9.17, 15) is 4.79 Å². The van der Waals surface area contributed by atoms with Gasteiger partial charge in [-0.15, -0.1) is 11.8 Å². The molecule has 22 heavy (non-hydrogen) atoms. The molecular formula is C17H28O2SSi2. The van der Waals surface area contributed by atoms with Gasteiger partial charge in [-0.3, -0.25) is 4.79 Å². The van der Waals surface area contributed by atoms with Gasteiger partial charge in [0.25, 0.3) is 0 Å². The fourth-order valence-corrected chi connectivity index (χ4v) is 6.40. The Hall–Kier alpha value is -0.366. The summed E-state index contributed by atoms with van der Waals surface area (Å²) in [6, 6.07) is 6.21. The zero-order chi connectivity index (χ0) is 16.8. The molecule has 122 valence electrons. The maximum atomic E-state index is 13.0. The number of rotatable bonds is 4. The quantitative estimate of drug-likeness (QED) is 0.567. The molecule has 0 heterocycles. The number of Topliss-reactive ketones (excluding diaryl/α,β-unsaturated/α-hetero) is 1. The molecular weight excluding hydrogens is 324 g/mol. The molecule has 0 N–H and O–H groups in total. The average Bonchev–Trinajstić information content (AvgIpc) is 2.41. The summed E-state index contributed by atoms with van der Waals surface area (Å²) in [5.74, 6) is 0.181. The Bertz CT molecular complexity index is 593. The number of fused-ring (bicyclic) bond motifs is 1. The minimum Gasteiger partial charge on any atom is -0.407 e. The Labute approximate surface area is 141 Å². The van der Waals surface area contributed by atoms with E-state index in [1.54, 1.807) is 11.8 Å². The van der Waals surface area contributed by atoms with Crippen molar-refractivity contribution in [2.24, 2.45) is 0 Å². The molecule has 1 aromatic carbocycles. The van der Waals surface area contributed by atoms with Crippen molar-refractivity contribution < 1.29 is 9.22 Å². The normalized spacial score (nSPS) is 22.6. The van der Waals surface area contributed by atoms with Gasteiger partial charge in [0.1, 0.15) is 5.60 Å². The third kappa shape index (κ3) is 3.27. The zero-order valence-corrected chi connectivity index (χ0v) is 17.7. The molecule has 0 radical (unpaired) electrons. The van der Waals surface area contributed by atoms with Crippen LogP contribution in [0.2, 0.25) is 32.7 Å². The van der Waals surface area contributed by atoms with Crippen LogP contribution in [0.4, 0.5) is 0 Å². The first-order chi connectivity index (χ1) is 10.00. The van der Waals surface area contributed by atoms with Crippen molar-refractivity contribution in [2.45, 2.75) is 63.0 Å². The van der Waals surface area contributed by atoms with Gasteiger partial charge in [0.15, 0.2) is 13.6 Å². The fraction of sp³-hybridized carbons (Fsp3) is 0.588. The molecule has 0 bridgehead atoms. The smallest absolute Gasteiger partial charge is 0.193 e. The molecule has 5 heteroatoms. The molecule has 0 amide bonds. The van der Waals surface area contributed by atoms with Crippen molar-refractivity contribution in [3.63, 3.8) is 0 Å². The summed E-state index contributed by atoms with van der Waals surface area (Å²) in [5, 5.41) is 0. The summed E-state index contributed by atoms with van der Waals surface area (Å²) in [5.41, 5.74) is 1.42. The lowest BCUT2D eigenvalue weighted by Gasteiger charge is -2.44. The number of aryl methyl sites for hydroxylation is 1. The lowest BCUT2D eigenvalue weighted by molar-refractivity contribution is 0.0440. The molecule has 0 spiro atoms. The molecule has 0 aromatic heterocycles. The number of carbonyl (C=O) groups excluding carboxylic acids is 1. The monoisotopic (exact) mass is 352 g/mol. The van der Waals surface area contributed by atoms with Crippen molar-refractivity contribution in [1.82, 2.24) is 0 Å². The number of benzene rings is 1. The predicted molar refractivity (Wildman–Crippen MR) is 101 cm³/mol. The van der Waals surface area contributed by atoms with E-state index in [1.165, 1.54) is 10.5 Å². The second-order valence-corrected chi connectivity index (χ2v) is 24.7. The largest absolute Gasteiger partial charge is 0.407 e. The molecule has 0 saturated heterocycles. The molecule has 0 saturated carbocycles.